The Morgan fingerprint density at radius 2 is 2.06 bits per heavy atom. The summed E-state index contributed by atoms with van der Waals surface area (Å²) in [5.74, 6) is -1.13. The molecule has 0 spiro atoms. The third-order valence-corrected chi connectivity index (χ3v) is 3.02. The summed E-state index contributed by atoms with van der Waals surface area (Å²) in [6.07, 6.45) is -3.75. The maximum Gasteiger partial charge on any atom is 0.417 e. The fourth-order valence-corrected chi connectivity index (χ4v) is 1.79. The van der Waals surface area contributed by atoms with Crippen molar-refractivity contribution in [3.05, 3.63) is 29.3 Å². The Bertz CT molecular complexity index is 485. The van der Waals surface area contributed by atoms with Gasteiger partial charge in [0.25, 0.3) is 0 Å². The predicted octanol–water partition coefficient (Wildman–Crippen LogP) is 3.22. The first kappa shape index (κ1) is 12.7. The van der Waals surface area contributed by atoms with E-state index in [4.69, 9.17) is 5.11 Å². The second kappa shape index (κ2) is 4.19. The van der Waals surface area contributed by atoms with Crippen molar-refractivity contribution in [2.75, 3.05) is 5.32 Å². The van der Waals surface area contributed by atoms with Gasteiger partial charge in [0.15, 0.2) is 0 Å². The fourth-order valence-electron chi connectivity index (χ4n) is 1.79. The van der Waals surface area contributed by atoms with Gasteiger partial charge in [-0.05, 0) is 30.5 Å². The van der Waals surface area contributed by atoms with Crippen molar-refractivity contribution >= 4 is 11.7 Å². The number of rotatable bonds is 3. The molecule has 0 aliphatic heterocycles. The van der Waals surface area contributed by atoms with E-state index < -0.39 is 23.3 Å². The van der Waals surface area contributed by atoms with Crippen molar-refractivity contribution in [1.29, 1.82) is 0 Å². The minimum Gasteiger partial charge on any atom is -0.478 e. The lowest BCUT2D eigenvalue weighted by Crippen LogP contribution is -2.14. The summed E-state index contributed by atoms with van der Waals surface area (Å²) in [5.41, 5.74) is -1.54. The van der Waals surface area contributed by atoms with Gasteiger partial charge in [-0.2, -0.15) is 13.2 Å². The average molecular weight is 259 g/mol. The first-order valence-corrected chi connectivity index (χ1v) is 5.50. The number of alkyl halides is 3. The number of carboxylic acid groups (broad SMARTS) is 1. The zero-order chi connectivity index (χ0) is 13.5. The molecule has 0 aromatic heterocycles. The zero-order valence-electron chi connectivity index (χ0n) is 9.58. The number of carbonyl (C=O) groups is 1. The molecule has 0 bridgehead atoms. The van der Waals surface area contributed by atoms with E-state index in [0.29, 0.717) is 11.6 Å². The summed E-state index contributed by atoms with van der Waals surface area (Å²) in [4.78, 5) is 10.7. The average Bonchev–Trinajstić information content (AvgIpc) is 2.92. The first-order chi connectivity index (χ1) is 8.29. The van der Waals surface area contributed by atoms with E-state index in [1.807, 2.05) is 6.92 Å². The van der Waals surface area contributed by atoms with Crippen LogP contribution in [-0.4, -0.2) is 17.1 Å². The van der Waals surface area contributed by atoms with Crippen LogP contribution in [-0.2, 0) is 6.18 Å². The molecule has 1 saturated carbocycles. The molecule has 3 nitrogen and oxygen atoms in total. The third-order valence-electron chi connectivity index (χ3n) is 3.02. The molecule has 1 fully saturated rings. The Labute approximate surface area is 102 Å². The Morgan fingerprint density at radius 3 is 2.50 bits per heavy atom. The molecule has 2 N–H and O–H groups in total. The molecule has 98 valence electrons. The van der Waals surface area contributed by atoms with Gasteiger partial charge in [-0.1, -0.05) is 6.92 Å². The number of carboxylic acids is 1. The zero-order valence-corrected chi connectivity index (χ0v) is 9.58. The molecule has 2 atom stereocenters. The Kier molecular flexibility index (Phi) is 2.96. The van der Waals surface area contributed by atoms with E-state index in [9.17, 15) is 18.0 Å². The number of nitrogens with one attached hydrogen (secondary N) is 1. The first-order valence-electron chi connectivity index (χ1n) is 5.50. The lowest BCUT2D eigenvalue weighted by molar-refractivity contribution is -0.138. The van der Waals surface area contributed by atoms with Crippen LogP contribution in [0.3, 0.4) is 0 Å². The minimum atomic E-state index is -4.67. The molecule has 0 radical (unpaired) electrons. The van der Waals surface area contributed by atoms with Crippen LogP contribution in [0.5, 0.6) is 0 Å². The molecular weight excluding hydrogens is 247 g/mol. The SMILES string of the molecule is CC1CC1Nc1ccc(C(=O)O)c(C(F)(F)F)c1. The van der Waals surface area contributed by atoms with E-state index in [1.54, 1.807) is 0 Å². The van der Waals surface area contributed by atoms with E-state index in [-0.39, 0.29) is 6.04 Å². The normalized spacial score (nSPS) is 22.7. The van der Waals surface area contributed by atoms with Gasteiger partial charge in [0.2, 0.25) is 0 Å². The van der Waals surface area contributed by atoms with E-state index in [1.165, 1.54) is 6.07 Å². The third kappa shape index (κ3) is 2.57. The molecule has 1 aromatic rings. The van der Waals surface area contributed by atoms with Crippen molar-refractivity contribution in [1.82, 2.24) is 0 Å². The molecule has 0 heterocycles. The second-order valence-corrected chi connectivity index (χ2v) is 4.53. The molecule has 2 unspecified atom stereocenters. The molecule has 1 aliphatic rings. The maximum absolute atomic E-state index is 12.7. The van der Waals surface area contributed by atoms with Crippen molar-refractivity contribution in [3.63, 3.8) is 0 Å². The van der Waals surface area contributed by atoms with Crippen LogP contribution in [0.4, 0.5) is 18.9 Å². The molecule has 0 amide bonds. The molecule has 0 saturated heterocycles. The summed E-state index contributed by atoms with van der Waals surface area (Å²) >= 11 is 0. The number of hydrogen-bond donors (Lipinski definition) is 2. The highest BCUT2D eigenvalue weighted by Gasteiger charge is 2.37. The Balaban J connectivity index is 2.33. The van der Waals surface area contributed by atoms with Gasteiger partial charge in [-0.25, -0.2) is 4.79 Å². The second-order valence-electron chi connectivity index (χ2n) is 4.53. The topological polar surface area (TPSA) is 49.3 Å². The van der Waals surface area contributed by atoms with Crippen molar-refractivity contribution in [3.8, 4) is 0 Å². The van der Waals surface area contributed by atoms with Crippen LogP contribution in [0.15, 0.2) is 18.2 Å². The van der Waals surface area contributed by atoms with Gasteiger partial charge in [0.1, 0.15) is 0 Å². The minimum absolute atomic E-state index is 0.182. The van der Waals surface area contributed by atoms with Crippen LogP contribution < -0.4 is 5.32 Å². The van der Waals surface area contributed by atoms with Crippen LogP contribution in [0.1, 0.15) is 29.3 Å². The fraction of sp³-hybridized carbons (Fsp3) is 0.417. The number of aromatic carboxylic acids is 1. The van der Waals surface area contributed by atoms with Gasteiger partial charge in [0.05, 0.1) is 11.1 Å². The number of anilines is 1. The van der Waals surface area contributed by atoms with Gasteiger partial charge >= 0.3 is 12.1 Å². The molecular formula is C12H12F3NO2. The van der Waals surface area contributed by atoms with Crippen molar-refractivity contribution in [2.45, 2.75) is 25.6 Å². The molecule has 2 rings (SSSR count). The van der Waals surface area contributed by atoms with Crippen LogP contribution in [0.2, 0.25) is 0 Å². The summed E-state index contributed by atoms with van der Waals surface area (Å²) in [7, 11) is 0. The lowest BCUT2D eigenvalue weighted by Gasteiger charge is -2.13. The van der Waals surface area contributed by atoms with E-state index in [0.717, 1.165) is 18.6 Å². The quantitative estimate of drug-likeness (QED) is 0.876. The Hall–Kier alpha value is -1.72. The maximum atomic E-state index is 12.7. The number of benzene rings is 1. The van der Waals surface area contributed by atoms with Gasteiger partial charge in [0, 0.05) is 11.7 Å². The standard InChI is InChI=1S/C12H12F3NO2/c1-6-4-10(6)16-7-2-3-8(11(17)18)9(5-7)12(13,14)15/h2-3,5-6,10,16H,4H2,1H3,(H,17,18). The smallest absolute Gasteiger partial charge is 0.417 e. The monoisotopic (exact) mass is 259 g/mol. The summed E-state index contributed by atoms with van der Waals surface area (Å²) in [6.45, 7) is 1.99. The molecule has 18 heavy (non-hydrogen) atoms. The van der Waals surface area contributed by atoms with Gasteiger partial charge in [-0.3, -0.25) is 0 Å². The highest BCUT2D eigenvalue weighted by Crippen LogP contribution is 2.36. The van der Waals surface area contributed by atoms with Crippen molar-refractivity contribution in [2.24, 2.45) is 5.92 Å². The lowest BCUT2D eigenvalue weighted by atomic mass is 10.1. The van der Waals surface area contributed by atoms with Crippen LogP contribution >= 0.6 is 0 Å². The molecule has 1 aliphatic carbocycles. The highest BCUT2D eigenvalue weighted by atomic mass is 19.4. The predicted molar refractivity (Wildman–Crippen MR) is 59.6 cm³/mol. The van der Waals surface area contributed by atoms with Gasteiger partial charge < -0.3 is 10.4 Å². The largest absolute Gasteiger partial charge is 0.478 e. The Morgan fingerprint density at radius 1 is 1.44 bits per heavy atom. The molecule has 6 heteroatoms. The summed E-state index contributed by atoms with van der Waals surface area (Å²) in [5, 5.41) is 11.7. The summed E-state index contributed by atoms with van der Waals surface area (Å²) in [6, 6.07) is 3.39. The number of halogens is 3. The van der Waals surface area contributed by atoms with Crippen LogP contribution in [0, 0.1) is 5.92 Å². The van der Waals surface area contributed by atoms with Gasteiger partial charge in [-0.15, -0.1) is 0 Å². The van der Waals surface area contributed by atoms with Crippen molar-refractivity contribution < 1.29 is 23.1 Å². The van der Waals surface area contributed by atoms with E-state index in [2.05, 4.69) is 5.32 Å². The van der Waals surface area contributed by atoms with E-state index >= 15 is 0 Å². The summed E-state index contributed by atoms with van der Waals surface area (Å²) < 4.78 is 38.2. The molecule has 1 aromatic carbocycles. The highest BCUT2D eigenvalue weighted by molar-refractivity contribution is 5.90. The van der Waals surface area contributed by atoms with Crippen LogP contribution in [0.25, 0.3) is 0 Å². The number of hydrogen-bond acceptors (Lipinski definition) is 2.